The van der Waals surface area contributed by atoms with Gasteiger partial charge < -0.3 is 10.1 Å². The van der Waals surface area contributed by atoms with Gasteiger partial charge in [-0.1, -0.05) is 23.9 Å². The Labute approximate surface area is 197 Å². The third-order valence-electron chi connectivity index (χ3n) is 5.19. The standard InChI is InChI=1S/C25H25N5O2S/c1-4-32-21-10-8-20(9-11-21)30-24(19-12-14-26-15-13-19)28-29-25(30)33-16-23(31)27-22-7-5-6-17(2)18(22)3/h5-15H,4,16H2,1-3H3,(H,27,31). The molecular weight excluding hydrogens is 434 g/mol. The van der Waals surface area contributed by atoms with E-state index in [-0.39, 0.29) is 11.7 Å². The first kappa shape index (κ1) is 22.5. The molecule has 7 nitrogen and oxygen atoms in total. The summed E-state index contributed by atoms with van der Waals surface area (Å²) >= 11 is 1.34. The minimum atomic E-state index is -0.0968. The number of hydrogen-bond donors (Lipinski definition) is 1. The predicted octanol–water partition coefficient (Wildman–Crippen LogP) is 5.08. The molecule has 1 amide bonds. The molecule has 0 saturated carbocycles. The molecule has 2 heterocycles. The lowest BCUT2D eigenvalue weighted by Crippen LogP contribution is -2.15. The number of amides is 1. The second kappa shape index (κ2) is 10.3. The zero-order valence-electron chi connectivity index (χ0n) is 18.8. The lowest BCUT2D eigenvalue weighted by atomic mass is 10.1. The lowest BCUT2D eigenvalue weighted by molar-refractivity contribution is -0.113. The van der Waals surface area contributed by atoms with E-state index < -0.39 is 0 Å². The van der Waals surface area contributed by atoms with Crippen LogP contribution in [0.4, 0.5) is 5.69 Å². The van der Waals surface area contributed by atoms with Crippen molar-refractivity contribution in [2.75, 3.05) is 17.7 Å². The maximum Gasteiger partial charge on any atom is 0.234 e. The summed E-state index contributed by atoms with van der Waals surface area (Å²) in [6, 6.07) is 17.4. The highest BCUT2D eigenvalue weighted by Gasteiger charge is 2.18. The van der Waals surface area contributed by atoms with Crippen molar-refractivity contribution < 1.29 is 9.53 Å². The van der Waals surface area contributed by atoms with Crippen LogP contribution in [0.5, 0.6) is 5.75 Å². The molecule has 0 unspecified atom stereocenters. The molecule has 2 aromatic heterocycles. The number of aryl methyl sites for hydroxylation is 1. The van der Waals surface area contributed by atoms with Gasteiger partial charge in [-0.25, -0.2) is 0 Å². The number of rotatable bonds is 8. The number of pyridine rings is 1. The van der Waals surface area contributed by atoms with E-state index in [4.69, 9.17) is 4.74 Å². The Morgan fingerprint density at radius 3 is 2.52 bits per heavy atom. The Bertz CT molecular complexity index is 1240. The molecule has 2 aromatic carbocycles. The van der Waals surface area contributed by atoms with Crippen molar-refractivity contribution in [2.45, 2.75) is 25.9 Å². The first-order valence-corrected chi connectivity index (χ1v) is 11.6. The number of thioether (sulfide) groups is 1. The van der Waals surface area contributed by atoms with Gasteiger partial charge in [-0.3, -0.25) is 14.3 Å². The van der Waals surface area contributed by atoms with Crippen LogP contribution in [0.3, 0.4) is 0 Å². The number of hydrogen-bond acceptors (Lipinski definition) is 6. The summed E-state index contributed by atoms with van der Waals surface area (Å²) in [6.45, 7) is 6.58. The van der Waals surface area contributed by atoms with Gasteiger partial charge in [0.15, 0.2) is 11.0 Å². The highest BCUT2D eigenvalue weighted by atomic mass is 32.2. The third kappa shape index (κ3) is 5.23. The van der Waals surface area contributed by atoms with Crippen LogP contribution >= 0.6 is 11.8 Å². The normalized spacial score (nSPS) is 10.8. The first-order valence-electron chi connectivity index (χ1n) is 10.6. The molecule has 0 aliphatic carbocycles. The zero-order chi connectivity index (χ0) is 23.2. The van der Waals surface area contributed by atoms with Crippen molar-refractivity contribution in [1.82, 2.24) is 19.7 Å². The molecule has 4 aromatic rings. The molecule has 33 heavy (non-hydrogen) atoms. The smallest absolute Gasteiger partial charge is 0.234 e. The molecule has 0 fully saturated rings. The molecule has 1 N–H and O–H groups in total. The second-order valence-electron chi connectivity index (χ2n) is 7.39. The fourth-order valence-electron chi connectivity index (χ4n) is 3.35. The van der Waals surface area contributed by atoms with Crippen LogP contribution in [0.1, 0.15) is 18.1 Å². The zero-order valence-corrected chi connectivity index (χ0v) is 19.6. The summed E-state index contributed by atoms with van der Waals surface area (Å²) in [7, 11) is 0. The molecule has 0 aliphatic heterocycles. The van der Waals surface area contributed by atoms with Gasteiger partial charge in [-0.15, -0.1) is 10.2 Å². The number of benzene rings is 2. The molecule has 0 aliphatic rings. The average molecular weight is 460 g/mol. The van der Waals surface area contributed by atoms with Gasteiger partial charge in [0.1, 0.15) is 5.75 Å². The molecule has 4 rings (SSSR count). The Morgan fingerprint density at radius 2 is 1.79 bits per heavy atom. The number of ether oxygens (including phenoxy) is 1. The molecule has 0 radical (unpaired) electrons. The van der Waals surface area contributed by atoms with Gasteiger partial charge in [-0.05, 0) is 74.4 Å². The topological polar surface area (TPSA) is 81.9 Å². The van der Waals surface area contributed by atoms with E-state index in [0.717, 1.165) is 33.8 Å². The monoisotopic (exact) mass is 459 g/mol. The van der Waals surface area contributed by atoms with Gasteiger partial charge in [0.25, 0.3) is 0 Å². The number of nitrogens with zero attached hydrogens (tertiary/aromatic N) is 4. The van der Waals surface area contributed by atoms with E-state index in [1.165, 1.54) is 11.8 Å². The minimum Gasteiger partial charge on any atom is -0.494 e. The Balaban J connectivity index is 1.59. The van der Waals surface area contributed by atoms with Crippen LogP contribution in [0.15, 0.2) is 72.1 Å². The lowest BCUT2D eigenvalue weighted by Gasteiger charge is -2.12. The molecule has 0 saturated heterocycles. The number of carbonyl (C=O) groups excluding carboxylic acids is 1. The van der Waals surface area contributed by atoms with Gasteiger partial charge in [0, 0.05) is 29.3 Å². The maximum absolute atomic E-state index is 12.7. The maximum atomic E-state index is 12.7. The summed E-state index contributed by atoms with van der Waals surface area (Å²) in [5.74, 6) is 1.58. The summed E-state index contributed by atoms with van der Waals surface area (Å²) in [4.78, 5) is 16.8. The van der Waals surface area contributed by atoms with Gasteiger partial charge >= 0.3 is 0 Å². The average Bonchev–Trinajstić information content (AvgIpc) is 3.26. The van der Waals surface area contributed by atoms with Crippen LogP contribution < -0.4 is 10.1 Å². The van der Waals surface area contributed by atoms with Crippen molar-refractivity contribution in [1.29, 1.82) is 0 Å². The summed E-state index contributed by atoms with van der Waals surface area (Å²) in [6.07, 6.45) is 3.44. The molecule has 168 valence electrons. The van der Waals surface area contributed by atoms with Gasteiger partial charge in [-0.2, -0.15) is 0 Å². The fraction of sp³-hybridized carbons (Fsp3) is 0.200. The van der Waals surface area contributed by atoms with E-state index in [9.17, 15) is 4.79 Å². The van der Waals surface area contributed by atoms with E-state index in [1.54, 1.807) is 12.4 Å². The number of aromatic nitrogens is 4. The SMILES string of the molecule is CCOc1ccc(-n2c(SCC(=O)Nc3cccc(C)c3C)nnc2-c2ccncc2)cc1. The number of nitrogens with one attached hydrogen (secondary N) is 1. The number of anilines is 1. The van der Waals surface area contributed by atoms with Crippen LogP contribution in [-0.2, 0) is 4.79 Å². The van der Waals surface area contributed by atoms with Crippen molar-refractivity contribution >= 4 is 23.4 Å². The second-order valence-corrected chi connectivity index (χ2v) is 8.33. The van der Waals surface area contributed by atoms with Crippen LogP contribution in [-0.4, -0.2) is 38.0 Å². The van der Waals surface area contributed by atoms with Crippen LogP contribution in [0, 0.1) is 13.8 Å². The first-order chi connectivity index (χ1) is 16.1. The molecule has 8 heteroatoms. The van der Waals surface area contributed by atoms with Gasteiger partial charge in [0.05, 0.1) is 12.4 Å². The third-order valence-corrected chi connectivity index (χ3v) is 6.12. The highest BCUT2D eigenvalue weighted by Crippen LogP contribution is 2.29. The summed E-state index contributed by atoms with van der Waals surface area (Å²) < 4.78 is 7.52. The Hall–Kier alpha value is -3.65. The van der Waals surface area contributed by atoms with Crippen molar-refractivity contribution in [3.05, 3.63) is 78.1 Å². The fourth-order valence-corrected chi connectivity index (χ4v) is 4.10. The van der Waals surface area contributed by atoms with Crippen molar-refractivity contribution in [2.24, 2.45) is 0 Å². The van der Waals surface area contributed by atoms with Crippen LogP contribution in [0.2, 0.25) is 0 Å². The Morgan fingerprint density at radius 1 is 1.03 bits per heavy atom. The van der Waals surface area contributed by atoms with E-state index in [1.807, 2.05) is 79.9 Å². The number of carbonyl (C=O) groups is 1. The van der Waals surface area contributed by atoms with Crippen molar-refractivity contribution in [3.63, 3.8) is 0 Å². The largest absolute Gasteiger partial charge is 0.494 e. The van der Waals surface area contributed by atoms with Crippen molar-refractivity contribution in [3.8, 4) is 22.8 Å². The van der Waals surface area contributed by atoms with Gasteiger partial charge in [0.2, 0.25) is 5.91 Å². The molecule has 0 atom stereocenters. The predicted molar refractivity (Wildman–Crippen MR) is 131 cm³/mol. The quantitative estimate of drug-likeness (QED) is 0.370. The van der Waals surface area contributed by atoms with E-state index in [0.29, 0.717) is 17.6 Å². The Kier molecular flexibility index (Phi) is 7.04. The summed E-state index contributed by atoms with van der Waals surface area (Å²) in [5, 5.41) is 12.4. The van der Waals surface area contributed by atoms with E-state index in [2.05, 4.69) is 20.5 Å². The van der Waals surface area contributed by atoms with E-state index >= 15 is 0 Å². The molecular formula is C25H25N5O2S. The van der Waals surface area contributed by atoms with Crippen LogP contribution in [0.25, 0.3) is 17.1 Å². The molecule has 0 bridgehead atoms. The summed E-state index contributed by atoms with van der Waals surface area (Å²) in [5.41, 5.74) is 4.79. The molecule has 0 spiro atoms. The highest BCUT2D eigenvalue weighted by molar-refractivity contribution is 7.99. The minimum absolute atomic E-state index is 0.0968.